The number of nitrogens with two attached hydrogens (primary N) is 1. The number of nitrogens with zero attached hydrogens (tertiary/aromatic N) is 3. The van der Waals surface area contributed by atoms with E-state index < -0.39 is 34.7 Å². The molecular formula is C14H14FN6O5S2-. The highest BCUT2D eigenvalue weighted by molar-refractivity contribution is 7.81. The molecule has 0 saturated carbocycles. The molecule has 5 N–H and O–H groups in total. The van der Waals surface area contributed by atoms with Gasteiger partial charge in [0.1, 0.15) is 10.8 Å². The van der Waals surface area contributed by atoms with E-state index in [1.807, 2.05) is 0 Å². The van der Waals surface area contributed by atoms with Crippen LogP contribution >= 0.6 is 11.3 Å². The maximum atomic E-state index is 14.4. The molecule has 0 radical (unpaired) electrons. The number of carbonyl (C=O) groups is 2. The minimum atomic E-state index is -2.96. The van der Waals surface area contributed by atoms with Crippen LogP contribution in [0.4, 0.5) is 20.8 Å². The molecule has 1 aromatic heterocycles. The maximum absolute atomic E-state index is 14.4. The largest absolute Gasteiger partial charge is 0.755 e. The van der Waals surface area contributed by atoms with E-state index in [1.54, 1.807) is 0 Å². The number of guanidine groups is 1. The van der Waals surface area contributed by atoms with Crippen LogP contribution in [0.2, 0.25) is 0 Å². The van der Waals surface area contributed by atoms with Gasteiger partial charge in [0.25, 0.3) is 0 Å². The number of carbonyl (C=O) groups excluding carboxylic acids is 1. The van der Waals surface area contributed by atoms with Crippen LogP contribution in [0.25, 0.3) is 0 Å². The first-order valence-electron chi connectivity index (χ1n) is 7.32. The van der Waals surface area contributed by atoms with Gasteiger partial charge >= 0.3 is 5.97 Å². The zero-order chi connectivity index (χ0) is 21.0. The molecule has 1 unspecified atom stereocenters. The molecule has 1 amide bonds. The van der Waals surface area contributed by atoms with E-state index in [0.29, 0.717) is 4.31 Å². The molecule has 0 saturated heterocycles. The monoisotopic (exact) mass is 429 g/mol. The molecule has 0 aliphatic carbocycles. The van der Waals surface area contributed by atoms with Crippen LogP contribution in [0.1, 0.15) is 10.5 Å². The molecule has 11 nitrogen and oxygen atoms in total. The van der Waals surface area contributed by atoms with Gasteiger partial charge in [0, 0.05) is 13.1 Å². The van der Waals surface area contributed by atoms with E-state index in [2.05, 4.69) is 10.3 Å². The van der Waals surface area contributed by atoms with Gasteiger partial charge in [-0.15, -0.1) is 11.3 Å². The zero-order valence-electron chi connectivity index (χ0n) is 14.2. The number of nitrogens with one attached hydrogen (secondary N) is 2. The smallest absolute Gasteiger partial charge is 0.357 e. The van der Waals surface area contributed by atoms with Crippen LogP contribution in [-0.2, 0) is 16.1 Å². The fourth-order valence-corrected chi connectivity index (χ4v) is 3.55. The summed E-state index contributed by atoms with van der Waals surface area (Å²) in [5.41, 5.74) is 5.45. The standard InChI is InChI=1S/C14H15FN6O5S2/c1-20(14(16)17)5-10(22)19-9-3-2-7(4-8(9)15)21(28(25)26)12-11(13(23)24)18-6-27-12/h2-4,6H,5H2,1H3,(H3,16,17)(H,19,22)(H,23,24)(H,25,26)/p-1. The lowest BCUT2D eigenvalue weighted by atomic mass is 10.2. The number of benzene rings is 1. The summed E-state index contributed by atoms with van der Waals surface area (Å²) in [5.74, 6) is -3.39. The molecule has 0 aliphatic rings. The molecule has 1 atom stereocenters. The lowest BCUT2D eigenvalue weighted by Gasteiger charge is -2.25. The van der Waals surface area contributed by atoms with Crippen LogP contribution in [0, 0.1) is 11.2 Å². The molecular weight excluding hydrogens is 415 g/mol. The number of likely N-dealkylation sites (N-methyl/N-ethyl adjacent to an activating group) is 1. The fraction of sp³-hybridized carbons (Fsp3) is 0.143. The third kappa shape index (κ3) is 4.79. The Morgan fingerprint density at radius 2 is 2.18 bits per heavy atom. The lowest BCUT2D eigenvalue weighted by Crippen LogP contribution is -2.38. The number of thiazole rings is 1. The second-order valence-corrected chi connectivity index (χ2v) is 6.91. The first-order valence-corrected chi connectivity index (χ1v) is 9.23. The Labute approximate surface area is 164 Å². The first-order chi connectivity index (χ1) is 13.1. The van der Waals surface area contributed by atoms with Gasteiger partial charge in [0.15, 0.2) is 11.7 Å². The number of aromatic nitrogens is 1. The summed E-state index contributed by atoms with van der Waals surface area (Å²) in [6, 6.07) is 3.14. The second-order valence-electron chi connectivity index (χ2n) is 5.28. The number of amides is 1. The Kier molecular flexibility index (Phi) is 6.61. The van der Waals surface area contributed by atoms with E-state index in [4.69, 9.17) is 16.2 Å². The third-order valence-electron chi connectivity index (χ3n) is 3.34. The molecule has 2 aromatic rings. The number of carboxylic acid groups (broad SMARTS) is 1. The van der Waals surface area contributed by atoms with Crippen molar-refractivity contribution in [2.45, 2.75) is 0 Å². The summed E-state index contributed by atoms with van der Waals surface area (Å²) < 4.78 is 38.2. The predicted octanol–water partition coefficient (Wildman–Crippen LogP) is 0.676. The van der Waals surface area contributed by atoms with Crippen LogP contribution in [-0.4, -0.2) is 55.2 Å². The molecule has 1 aromatic carbocycles. The second kappa shape index (κ2) is 8.73. The Morgan fingerprint density at radius 1 is 1.50 bits per heavy atom. The van der Waals surface area contributed by atoms with Crippen molar-refractivity contribution < 1.29 is 27.8 Å². The van der Waals surface area contributed by atoms with Gasteiger partial charge in [-0.3, -0.25) is 18.7 Å². The Hall–Kier alpha value is -3.10. The SMILES string of the molecule is CN(CC(=O)Nc1ccc(N(c2scnc2C(=O)O)S(=O)[O-])cc1F)C(=N)N. The molecule has 14 heteroatoms. The Bertz CT molecular complexity index is 952. The molecule has 2 rings (SSSR count). The highest BCUT2D eigenvalue weighted by atomic mass is 32.2. The number of hydrogen-bond donors (Lipinski definition) is 4. The topological polar surface area (TPSA) is 176 Å². The van der Waals surface area contributed by atoms with Gasteiger partial charge in [0.05, 0.1) is 34.7 Å². The van der Waals surface area contributed by atoms with Crippen LogP contribution in [0.5, 0.6) is 0 Å². The van der Waals surface area contributed by atoms with Gasteiger partial charge < -0.3 is 25.6 Å². The maximum Gasteiger partial charge on any atom is 0.357 e. The van der Waals surface area contributed by atoms with Gasteiger partial charge in [-0.1, -0.05) is 0 Å². The molecule has 0 spiro atoms. The number of carboxylic acids is 1. The van der Waals surface area contributed by atoms with Crippen LogP contribution < -0.4 is 15.4 Å². The van der Waals surface area contributed by atoms with Crippen molar-refractivity contribution in [3.63, 3.8) is 0 Å². The fourth-order valence-electron chi connectivity index (χ4n) is 2.02. The minimum absolute atomic E-state index is 0.184. The molecule has 0 fully saturated rings. The Morgan fingerprint density at radius 3 is 2.71 bits per heavy atom. The van der Waals surface area contributed by atoms with Crippen molar-refractivity contribution >= 4 is 56.8 Å². The summed E-state index contributed by atoms with van der Waals surface area (Å²) in [7, 11) is 1.40. The minimum Gasteiger partial charge on any atom is -0.755 e. The van der Waals surface area contributed by atoms with Crippen molar-refractivity contribution in [3.05, 3.63) is 35.2 Å². The Balaban J connectivity index is 2.29. The van der Waals surface area contributed by atoms with Gasteiger partial charge in [-0.25, -0.2) is 14.2 Å². The third-order valence-corrected chi connectivity index (χ3v) is 4.96. The number of rotatable bonds is 7. The average molecular weight is 429 g/mol. The highest BCUT2D eigenvalue weighted by Crippen LogP contribution is 2.34. The summed E-state index contributed by atoms with van der Waals surface area (Å²) in [6.45, 7) is -0.296. The van der Waals surface area contributed by atoms with Crippen molar-refractivity contribution in [2.75, 3.05) is 23.2 Å². The lowest BCUT2D eigenvalue weighted by molar-refractivity contribution is -0.116. The van der Waals surface area contributed by atoms with Crippen LogP contribution in [0.3, 0.4) is 0 Å². The van der Waals surface area contributed by atoms with Gasteiger partial charge in [-0.05, 0) is 12.1 Å². The van der Waals surface area contributed by atoms with E-state index in [0.717, 1.165) is 33.9 Å². The normalized spacial score (nSPS) is 11.5. The molecule has 150 valence electrons. The van der Waals surface area contributed by atoms with E-state index >= 15 is 0 Å². The zero-order valence-corrected chi connectivity index (χ0v) is 15.8. The van der Waals surface area contributed by atoms with E-state index in [-0.39, 0.29) is 28.9 Å². The average Bonchev–Trinajstić information content (AvgIpc) is 3.06. The number of hydrogen-bond acceptors (Lipinski definition) is 7. The number of halogens is 1. The molecule has 0 bridgehead atoms. The summed E-state index contributed by atoms with van der Waals surface area (Å²) in [4.78, 5) is 27.8. The van der Waals surface area contributed by atoms with Crippen molar-refractivity contribution in [3.8, 4) is 0 Å². The van der Waals surface area contributed by atoms with Crippen molar-refractivity contribution in [2.24, 2.45) is 5.73 Å². The van der Waals surface area contributed by atoms with E-state index in [9.17, 15) is 22.7 Å². The molecule has 0 aliphatic heterocycles. The quantitative estimate of drug-likeness (QED) is 0.282. The first kappa shape index (κ1) is 21.2. The molecule has 1 heterocycles. The summed E-state index contributed by atoms with van der Waals surface area (Å²) in [6.07, 6.45) is 0. The number of aromatic carboxylic acids is 1. The van der Waals surface area contributed by atoms with Gasteiger partial charge in [-0.2, -0.15) is 0 Å². The van der Waals surface area contributed by atoms with Crippen molar-refractivity contribution in [1.29, 1.82) is 5.41 Å². The molecule has 28 heavy (non-hydrogen) atoms. The van der Waals surface area contributed by atoms with Crippen LogP contribution in [0.15, 0.2) is 23.7 Å². The van der Waals surface area contributed by atoms with Crippen molar-refractivity contribution in [1.82, 2.24) is 9.88 Å². The number of anilines is 3. The highest BCUT2D eigenvalue weighted by Gasteiger charge is 2.23. The summed E-state index contributed by atoms with van der Waals surface area (Å²) >= 11 is -2.21. The van der Waals surface area contributed by atoms with E-state index in [1.165, 1.54) is 13.1 Å². The van der Waals surface area contributed by atoms with Gasteiger partial charge in [0.2, 0.25) is 5.91 Å². The summed E-state index contributed by atoms with van der Waals surface area (Å²) in [5, 5.41) is 18.3. The predicted molar refractivity (Wildman–Crippen MR) is 99.7 cm³/mol.